The summed E-state index contributed by atoms with van der Waals surface area (Å²) >= 11 is 0. The molecule has 6 nitrogen and oxygen atoms in total. The number of aliphatic hydroxyl groups is 2. The molecule has 2 aliphatic rings. The average molecular weight is 256 g/mol. The predicted molar refractivity (Wildman–Crippen MR) is 61.2 cm³/mol. The van der Waals surface area contributed by atoms with E-state index in [-0.39, 0.29) is 31.3 Å². The molecule has 0 amide bonds. The van der Waals surface area contributed by atoms with E-state index < -0.39 is 0 Å². The molecular formula is C12H16O6. The second-order valence-electron chi connectivity index (χ2n) is 3.67. The van der Waals surface area contributed by atoms with Crippen molar-refractivity contribution in [1.29, 1.82) is 0 Å². The highest BCUT2D eigenvalue weighted by Gasteiger charge is 2.14. The maximum Gasteiger partial charge on any atom is 0.331 e. The van der Waals surface area contributed by atoms with Crippen molar-refractivity contribution in [1.82, 2.24) is 0 Å². The van der Waals surface area contributed by atoms with Gasteiger partial charge in [0.25, 0.3) is 0 Å². The fourth-order valence-electron chi connectivity index (χ4n) is 1.39. The van der Waals surface area contributed by atoms with E-state index in [1.165, 1.54) is 6.08 Å². The molecule has 100 valence electrons. The number of hydrogen-bond donors (Lipinski definition) is 2. The van der Waals surface area contributed by atoms with Gasteiger partial charge in [0.2, 0.25) is 0 Å². The monoisotopic (exact) mass is 256 g/mol. The topological polar surface area (TPSA) is 93.1 Å². The molecule has 0 spiro atoms. The van der Waals surface area contributed by atoms with Gasteiger partial charge in [-0.2, -0.15) is 0 Å². The molecule has 2 aliphatic heterocycles. The molecule has 18 heavy (non-hydrogen) atoms. The molecule has 0 aliphatic carbocycles. The molecule has 0 aromatic carbocycles. The maximum absolute atomic E-state index is 10.4. The maximum atomic E-state index is 10.4. The third kappa shape index (κ3) is 5.11. The summed E-state index contributed by atoms with van der Waals surface area (Å²) in [7, 11) is 0. The first-order valence-electron chi connectivity index (χ1n) is 5.66. The molecule has 1 atom stereocenters. The number of carbonyl (C=O) groups excluding carboxylic acids is 2. The van der Waals surface area contributed by atoms with Gasteiger partial charge in [0.15, 0.2) is 0 Å². The number of ether oxygens (including phenoxy) is 2. The molecule has 0 aromatic heterocycles. The molecule has 6 heteroatoms. The van der Waals surface area contributed by atoms with Crippen molar-refractivity contribution in [2.45, 2.75) is 25.4 Å². The van der Waals surface area contributed by atoms with Gasteiger partial charge in [-0.05, 0) is 12.2 Å². The second kappa shape index (κ2) is 7.62. The lowest BCUT2D eigenvalue weighted by atomic mass is 10.3. The van der Waals surface area contributed by atoms with Crippen molar-refractivity contribution in [3.05, 3.63) is 24.0 Å². The fourth-order valence-corrected chi connectivity index (χ4v) is 1.39. The van der Waals surface area contributed by atoms with Crippen LogP contribution in [0.2, 0.25) is 0 Å². The number of aliphatic hydroxyl groups excluding tert-OH is 2. The van der Waals surface area contributed by atoms with Crippen molar-refractivity contribution in [2.24, 2.45) is 0 Å². The van der Waals surface area contributed by atoms with Gasteiger partial charge in [-0.3, -0.25) is 4.79 Å². The standard InChI is InChI=1S/2C6H8O3/c2*7-4-3-5-1-2-6(8)9-5/h1,7H,2-4H2;1-2,5,7H,3-4H2. The van der Waals surface area contributed by atoms with E-state index in [0.717, 1.165) is 0 Å². The van der Waals surface area contributed by atoms with Crippen molar-refractivity contribution in [3.8, 4) is 0 Å². The molecule has 2 rings (SSSR count). The van der Waals surface area contributed by atoms with Gasteiger partial charge >= 0.3 is 11.9 Å². The van der Waals surface area contributed by atoms with Gasteiger partial charge < -0.3 is 19.7 Å². The molecule has 0 saturated heterocycles. The van der Waals surface area contributed by atoms with Crippen LogP contribution in [-0.2, 0) is 19.1 Å². The third-order valence-corrected chi connectivity index (χ3v) is 2.23. The molecule has 2 heterocycles. The van der Waals surface area contributed by atoms with Crippen molar-refractivity contribution in [2.75, 3.05) is 13.2 Å². The van der Waals surface area contributed by atoms with Crippen LogP contribution in [-0.4, -0.2) is 41.5 Å². The quantitative estimate of drug-likeness (QED) is 0.690. The predicted octanol–water partition coefficient (Wildman–Crippen LogP) is 0.0500. The Morgan fingerprint density at radius 2 is 2.06 bits per heavy atom. The Hall–Kier alpha value is -1.66. The van der Waals surface area contributed by atoms with Gasteiger partial charge in [0, 0.05) is 25.5 Å². The average Bonchev–Trinajstić information content (AvgIpc) is 2.90. The molecule has 0 radical (unpaired) electrons. The van der Waals surface area contributed by atoms with Crippen LogP contribution in [0.1, 0.15) is 19.3 Å². The molecule has 0 aromatic rings. The van der Waals surface area contributed by atoms with E-state index >= 15 is 0 Å². The number of carbonyl (C=O) groups is 2. The number of cyclic esters (lactones) is 2. The van der Waals surface area contributed by atoms with Crippen LogP contribution in [0.3, 0.4) is 0 Å². The molecule has 2 N–H and O–H groups in total. The SMILES string of the molecule is O=C1C=CC(CCO)O1.O=C1CC=C(CCO)O1. The van der Waals surface area contributed by atoms with Gasteiger partial charge in [-0.25, -0.2) is 4.79 Å². The lowest BCUT2D eigenvalue weighted by Gasteiger charge is -2.03. The van der Waals surface area contributed by atoms with E-state index in [0.29, 0.717) is 25.0 Å². The summed E-state index contributed by atoms with van der Waals surface area (Å²) in [5, 5.41) is 16.8. The molecule has 1 unspecified atom stereocenters. The first kappa shape index (κ1) is 14.4. The number of rotatable bonds is 4. The van der Waals surface area contributed by atoms with Crippen LogP contribution in [0, 0.1) is 0 Å². The summed E-state index contributed by atoms with van der Waals surface area (Å²) in [6, 6.07) is 0. The van der Waals surface area contributed by atoms with E-state index in [1.807, 2.05) is 0 Å². The summed E-state index contributed by atoms with van der Waals surface area (Å²) in [5.74, 6) is 0.0643. The molecule has 0 fully saturated rings. The Morgan fingerprint density at radius 3 is 2.50 bits per heavy atom. The zero-order valence-electron chi connectivity index (χ0n) is 9.87. The van der Waals surface area contributed by atoms with Crippen LogP contribution in [0.25, 0.3) is 0 Å². The van der Waals surface area contributed by atoms with Gasteiger partial charge in [-0.15, -0.1) is 0 Å². The van der Waals surface area contributed by atoms with E-state index in [1.54, 1.807) is 12.2 Å². The Morgan fingerprint density at radius 1 is 1.28 bits per heavy atom. The molecule has 0 saturated carbocycles. The van der Waals surface area contributed by atoms with E-state index in [9.17, 15) is 9.59 Å². The number of esters is 2. The summed E-state index contributed by atoms with van der Waals surface area (Å²) < 4.78 is 9.36. The van der Waals surface area contributed by atoms with Crippen LogP contribution >= 0.6 is 0 Å². The van der Waals surface area contributed by atoms with Gasteiger partial charge in [0.1, 0.15) is 11.9 Å². The minimum atomic E-state index is -0.312. The first-order chi connectivity index (χ1) is 8.65. The zero-order valence-corrected chi connectivity index (χ0v) is 9.87. The summed E-state index contributed by atoms with van der Waals surface area (Å²) in [4.78, 5) is 20.7. The van der Waals surface area contributed by atoms with Crippen molar-refractivity contribution in [3.63, 3.8) is 0 Å². The highest BCUT2D eigenvalue weighted by molar-refractivity contribution is 5.84. The zero-order chi connectivity index (χ0) is 13.4. The fraction of sp³-hybridized carbons (Fsp3) is 0.500. The van der Waals surface area contributed by atoms with Gasteiger partial charge in [0.05, 0.1) is 13.0 Å². The highest BCUT2D eigenvalue weighted by atomic mass is 16.5. The van der Waals surface area contributed by atoms with Crippen LogP contribution in [0.15, 0.2) is 24.0 Å². The highest BCUT2D eigenvalue weighted by Crippen LogP contribution is 2.12. The Labute approximate surface area is 105 Å². The van der Waals surface area contributed by atoms with Crippen LogP contribution in [0.4, 0.5) is 0 Å². The van der Waals surface area contributed by atoms with Crippen molar-refractivity contribution >= 4 is 11.9 Å². The second-order valence-corrected chi connectivity index (χ2v) is 3.67. The Kier molecular flexibility index (Phi) is 6.10. The molecular weight excluding hydrogens is 240 g/mol. The largest absolute Gasteiger partial charge is 0.455 e. The minimum absolute atomic E-state index is 0.0408. The number of hydrogen-bond acceptors (Lipinski definition) is 6. The lowest BCUT2D eigenvalue weighted by molar-refractivity contribution is -0.139. The van der Waals surface area contributed by atoms with E-state index in [4.69, 9.17) is 14.9 Å². The lowest BCUT2D eigenvalue weighted by Crippen LogP contribution is -2.08. The summed E-state index contributed by atoms with van der Waals surface area (Å²) in [6.07, 6.45) is 5.84. The van der Waals surface area contributed by atoms with Gasteiger partial charge in [-0.1, -0.05) is 0 Å². The summed E-state index contributed by atoms with van der Waals surface area (Å²) in [5.41, 5.74) is 0. The normalized spacial score (nSPS) is 21.0. The Bertz CT molecular complexity index is 358. The molecule has 0 bridgehead atoms. The third-order valence-electron chi connectivity index (χ3n) is 2.23. The van der Waals surface area contributed by atoms with Crippen LogP contribution in [0.5, 0.6) is 0 Å². The van der Waals surface area contributed by atoms with E-state index in [2.05, 4.69) is 4.74 Å². The smallest absolute Gasteiger partial charge is 0.331 e. The first-order valence-corrected chi connectivity index (χ1v) is 5.66. The minimum Gasteiger partial charge on any atom is -0.455 e. The summed E-state index contributed by atoms with van der Waals surface area (Å²) in [6.45, 7) is 0.0986. The van der Waals surface area contributed by atoms with Crippen molar-refractivity contribution < 1.29 is 29.3 Å². The van der Waals surface area contributed by atoms with Crippen LogP contribution < -0.4 is 0 Å². The Balaban J connectivity index is 0.000000180.